The number of aliphatic hydroxyl groups is 1. The van der Waals surface area contributed by atoms with Crippen LogP contribution in [0.15, 0.2) is 5.10 Å². The van der Waals surface area contributed by atoms with Crippen LogP contribution < -0.4 is 5.32 Å². The number of ether oxygens (including phenoxy) is 1. The van der Waals surface area contributed by atoms with E-state index in [4.69, 9.17) is 4.74 Å². The number of carbonyl (C=O) groups excluding carboxylic acids is 1. The van der Waals surface area contributed by atoms with E-state index >= 15 is 0 Å². The molecule has 0 bridgehead atoms. The highest BCUT2D eigenvalue weighted by Gasteiger charge is 2.24. The molecular formula is C16H31N3O3. The van der Waals surface area contributed by atoms with Crippen LogP contribution in [0, 0.1) is 5.92 Å². The number of hydrogen-bond acceptors (Lipinski definition) is 5. The average Bonchev–Trinajstić information content (AvgIpc) is 2.85. The molecule has 0 spiro atoms. The van der Waals surface area contributed by atoms with Gasteiger partial charge in [-0.3, -0.25) is 5.01 Å². The van der Waals surface area contributed by atoms with Gasteiger partial charge in [0.1, 0.15) is 11.7 Å². The number of nitrogens with zero attached hydrogens (tertiary/aromatic N) is 2. The number of aliphatic hydroxyl groups excluding tert-OH is 1. The lowest BCUT2D eigenvalue weighted by atomic mass is 10.00. The SMILES string of the molecule is CC(C)C[C@H](NC(=O)OC(C)(C)C)[C@@H](O)/C=N/N1CCCC1. The van der Waals surface area contributed by atoms with Crippen molar-refractivity contribution in [1.82, 2.24) is 10.3 Å². The van der Waals surface area contributed by atoms with Gasteiger partial charge in [0.15, 0.2) is 0 Å². The molecule has 2 N–H and O–H groups in total. The van der Waals surface area contributed by atoms with Crippen molar-refractivity contribution < 1.29 is 14.6 Å². The lowest BCUT2D eigenvalue weighted by molar-refractivity contribution is 0.0454. The fourth-order valence-corrected chi connectivity index (χ4v) is 2.33. The van der Waals surface area contributed by atoms with Gasteiger partial charge in [0.05, 0.1) is 12.3 Å². The van der Waals surface area contributed by atoms with Crippen molar-refractivity contribution >= 4 is 12.3 Å². The van der Waals surface area contributed by atoms with E-state index in [1.54, 1.807) is 0 Å². The van der Waals surface area contributed by atoms with E-state index in [9.17, 15) is 9.90 Å². The molecule has 1 heterocycles. The van der Waals surface area contributed by atoms with E-state index in [1.807, 2.05) is 39.6 Å². The number of amides is 1. The largest absolute Gasteiger partial charge is 0.444 e. The summed E-state index contributed by atoms with van der Waals surface area (Å²) in [4.78, 5) is 11.9. The molecule has 0 saturated carbocycles. The Morgan fingerprint density at radius 1 is 1.36 bits per heavy atom. The zero-order valence-electron chi connectivity index (χ0n) is 14.5. The van der Waals surface area contributed by atoms with Gasteiger partial charge in [-0.25, -0.2) is 4.79 Å². The topological polar surface area (TPSA) is 74.2 Å². The van der Waals surface area contributed by atoms with Gasteiger partial charge in [-0.1, -0.05) is 13.8 Å². The Morgan fingerprint density at radius 3 is 2.45 bits per heavy atom. The van der Waals surface area contributed by atoms with Crippen LogP contribution in [0.2, 0.25) is 0 Å². The van der Waals surface area contributed by atoms with Crippen LogP contribution in [0.5, 0.6) is 0 Å². The van der Waals surface area contributed by atoms with Crippen LogP contribution in [-0.4, -0.2) is 53.3 Å². The van der Waals surface area contributed by atoms with Crippen molar-refractivity contribution in [2.24, 2.45) is 11.0 Å². The van der Waals surface area contributed by atoms with Crippen LogP contribution >= 0.6 is 0 Å². The van der Waals surface area contributed by atoms with Crippen LogP contribution in [0.3, 0.4) is 0 Å². The lowest BCUT2D eigenvalue weighted by Crippen LogP contribution is -2.47. The molecule has 0 aromatic heterocycles. The summed E-state index contributed by atoms with van der Waals surface area (Å²) in [7, 11) is 0. The molecule has 6 heteroatoms. The molecule has 0 aromatic rings. The van der Waals surface area contributed by atoms with Crippen LogP contribution in [-0.2, 0) is 4.74 Å². The Hall–Kier alpha value is -1.30. The van der Waals surface area contributed by atoms with E-state index < -0.39 is 23.8 Å². The number of rotatable bonds is 6. The molecule has 6 nitrogen and oxygen atoms in total. The summed E-state index contributed by atoms with van der Waals surface area (Å²) >= 11 is 0. The number of carbonyl (C=O) groups is 1. The van der Waals surface area contributed by atoms with Gasteiger partial charge in [-0.05, 0) is 46.0 Å². The lowest BCUT2D eigenvalue weighted by Gasteiger charge is -2.26. The van der Waals surface area contributed by atoms with E-state index in [-0.39, 0.29) is 0 Å². The first kappa shape index (κ1) is 18.7. The zero-order chi connectivity index (χ0) is 16.8. The molecule has 0 aliphatic carbocycles. The first-order chi connectivity index (χ1) is 10.2. The molecule has 2 atom stereocenters. The predicted octanol–water partition coefficient (Wildman–Crippen LogP) is 2.37. The molecular weight excluding hydrogens is 282 g/mol. The Kier molecular flexibility index (Phi) is 7.13. The third kappa shape index (κ3) is 7.64. The summed E-state index contributed by atoms with van der Waals surface area (Å²) in [6.07, 6.45) is 3.13. The summed E-state index contributed by atoms with van der Waals surface area (Å²) in [5.74, 6) is 0.342. The minimum Gasteiger partial charge on any atom is -0.444 e. The summed E-state index contributed by atoms with van der Waals surface area (Å²) in [5, 5.41) is 19.3. The van der Waals surface area contributed by atoms with Gasteiger partial charge in [0.25, 0.3) is 0 Å². The molecule has 1 rings (SSSR count). The molecule has 22 heavy (non-hydrogen) atoms. The number of hydrogen-bond donors (Lipinski definition) is 2. The number of hydrazone groups is 1. The fourth-order valence-electron chi connectivity index (χ4n) is 2.33. The van der Waals surface area contributed by atoms with E-state index in [0.717, 1.165) is 25.9 Å². The highest BCUT2D eigenvalue weighted by atomic mass is 16.6. The van der Waals surface area contributed by atoms with Crippen molar-refractivity contribution in [1.29, 1.82) is 0 Å². The zero-order valence-corrected chi connectivity index (χ0v) is 14.5. The average molecular weight is 313 g/mol. The van der Waals surface area contributed by atoms with Crippen molar-refractivity contribution in [2.45, 2.75) is 71.6 Å². The number of nitrogens with one attached hydrogen (secondary N) is 1. The Balaban J connectivity index is 2.59. The first-order valence-electron chi connectivity index (χ1n) is 8.14. The Labute approximate surface area is 133 Å². The van der Waals surface area contributed by atoms with Crippen molar-refractivity contribution in [3.05, 3.63) is 0 Å². The minimum absolute atomic E-state index is 0.342. The van der Waals surface area contributed by atoms with Crippen molar-refractivity contribution in [3.8, 4) is 0 Å². The second-order valence-corrected chi connectivity index (χ2v) is 7.30. The summed E-state index contributed by atoms with van der Waals surface area (Å²) in [6, 6.07) is -0.402. The van der Waals surface area contributed by atoms with Gasteiger partial charge in [0, 0.05) is 13.1 Å². The van der Waals surface area contributed by atoms with Crippen molar-refractivity contribution in [2.75, 3.05) is 13.1 Å². The standard InChI is InChI=1S/C16H31N3O3/c1-12(2)10-13(18-15(21)22-16(3,4)5)14(20)11-17-19-8-6-7-9-19/h11-14,20H,6-10H2,1-5H3,(H,18,21)/b17-11+/t13-,14-/m0/s1. The molecule has 0 radical (unpaired) electrons. The predicted molar refractivity (Wildman–Crippen MR) is 87.9 cm³/mol. The summed E-state index contributed by atoms with van der Waals surface area (Å²) < 4.78 is 5.26. The maximum absolute atomic E-state index is 11.9. The Morgan fingerprint density at radius 2 is 1.95 bits per heavy atom. The molecule has 1 saturated heterocycles. The van der Waals surface area contributed by atoms with Gasteiger partial charge < -0.3 is 15.2 Å². The molecule has 128 valence electrons. The molecule has 1 aliphatic rings. The molecule has 0 unspecified atom stereocenters. The van der Waals surface area contributed by atoms with E-state index in [1.165, 1.54) is 6.21 Å². The minimum atomic E-state index is -0.824. The highest BCUT2D eigenvalue weighted by molar-refractivity contribution is 5.70. The highest BCUT2D eigenvalue weighted by Crippen LogP contribution is 2.12. The van der Waals surface area contributed by atoms with Crippen LogP contribution in [0.25, 0.3) is 0 Å². The van der Waals surface area contributed by atoms with Crippen LogP contribution in [0.4, 0.5) is 4.79 Å². The third-order valence-corrected chi connectivity index (χ3v) is 3.30. The maximum atomic E-state index is 11.9. The summed E-state index contributed by atoms with van der Waals surface area (Å²) in [6.45, 7) is 11.4. The van der Waals surface area contributed by atoms with Crippen LogP contribution in [0.1, 0.15) is 53.9 Å². The van der Waals surface area contributed by atoms with Gasteiger partial charge in [-0.2, -0.15) is 5.10 Å². The monoisotopic (exact) mass is 313 g/mol. The van der Waals surface area contributed by atoms with Crippen molar-refractivity contribution in [3.63, 3.8) is 0 Å². The molecule has 0 aromatic carbocycles. The van der Waals surface area contributed by atoms with E-state index in [0.29, 0.717) is 12.3 Å². The quantitative estimate of drug-likeness (QED) is 0.738. The first-order valence-corrected chi connectivity index (χ1v) is 8.14. The van der Waals surface area contributed by atoms with Gasteiger partial charge in [-0.15, -0.1) is 0 Å². The Bertz CT molecular complexity index is 371. The molecule has 1 amide bonds. The second kappa shape index (κ2) is 8.36. The van der Waals surface area contributed by atoms with E-state index in [2.05, 4.69) is 10.4 Å². The maximum Gasteiger partial charge on any atom is 0.407 e. The molecule has 1 aliphatic heterocycles. The normalized spacial score (nSPS) is 18.8. The number of alkyl carbamates (subject to hydrolysis) is 1. The second-order valence-electron chi connectivity index (χ2n) is 7.30. The third-order valence-electron chi connectivity index (χ3n) is 3.30. The fraction of sp³-hybridized carbons (Fsp3) is 0.875. The smallest absolute Gasteiger partial charge is 0.407 e. The van der Waals surface area contributed by atoms with Gasteiger partial charge in [0.2, 0.25) is 0 Å². The molecule has 1 fully saturated rings. The summed E-state index contributed by atoms with van der Waals surface area (Å²) in [5.41, 5.74) is -0.555. The van der Waals surface area contributed by atoms with Gasteiger partial charge >= 0.3 is 6.09 Å².